The van der Waals surface area contributed by atoms with E-state index in [9.17, 15) is 4.79 Å². The van der Waals surface area contributed by atoms with Crippen LogP contribution in [0.25, 0.3) is 0 Å². The summed E-state index contributed by atoms with van der Waals surface area (Å²) in [5.41, 5.74) is 1.13. The first kappa shape index (κ1) is 16.5. The molecular weight excluding hydrogens is 252 g/mol. The van der Waals surface area contributed by atoms with E-state index in [1.165, 1.54) is 0 Å². The summed E-state index contributed by atoms with van der Waals surface area (Å²) in [4.78, 5) is 13.7. The number of hydrogen-bond donors (Lipinski definition) is 1. The fourth-order valence-corrected chi connectivity index (χ4v) is 1.97. The van der Waals surface area contributed by atoms with E-state index >= 15 is 0 Å². The zero-order valence-corrected chi connectivity index (χ0v) is 12.8. The Hall–Kier alpha value is -1.55. The largest absolute Gasteiger partial charge is 0.494 e. The minimum Gasteiger partial charge on any atom is -0.494 e. The number of benzene rings is 1. The van der Waals surface area contributed by atoms with Crippen LogP contribution in [-0.2, 0) is 11.3 Å². The first-order valence-electron chi connectivity index (χ1n) is 7.41. The molecule has 0 spiro atoms. The number of carbonyl (C=O) groups is 1. The normalized spacial score (nSPS) is 10.3. The second-order valence-corrected chi connectivity index (χ2v) is 4.67. The summed E-state index contributed by atoms with van der Waals surface area (Å²) in [6, 6.07) is 7.99. The fourth-order valence-electron chi connectivity index (χ4n) is 1.97. The van der Waals surface area contributed by atoms with Crippen molar-refractivity contribution in [2.75, 3.05) is 26.2 Å². The number of nitrogens with zero attached hydrogens (tertiary/aromatic N) is 1. The van der Waals surface area contributed by atoms with E-state index in [4.69, 9.17) is 4.74 Å². The van der Waals surface area contributed by atoms with E-state index < -0.39 is 0 Å². The minimum atomic E-state index is 0.147. The average molecular weight is 278 g/mol. The van der Waals surface area contributed by atoms with Gasteiger partial charge in [-0.2, -0.15) is 0 Å². The summed E-state index contributed by atoms with van der Waals surface area (Å²) in [5, 5.41) is 3.19. The maximum atomic E-state index is 11.8. The Kier molecular flexibility index (Phi) is 7.73. The zero-order valence-electron chi connectivity index (χ0n) is 12.8. The second kappa shape index (κ2) is 9.37. The van der Waals surface area contributed by atoms with Gasteiger partial charge in [0.1, 0.15) is 5.75 Å². The second-order valence-electron chi connectivity index (χ2n) is 4.67. The van der Waals surface area contributed by atoms with Crippen LogP contribution in [0.2, 0.25) is 0 Å². The molecule has 0 aliphatic rings. The van der Waals surface area contributed by atoms with Gasteiger partial charge in [-0.05, 0) is 38.0 Å². The number of amides is 1. The molecule has 4 nitrogen and oxygen atoms in total. The van der Waals surface area contributed by atoms with Gasteiger partial charge in [-0.25, -0.2) is 0 Å². The highest BCUT2D eigenvalue weighted by atomic mass is 16.5. The number of carbonyl (C=O) groups excluding carboxylic acids is 1. The van der Waals surface area contributed by atoms with E-state index in [1.54, 1.807) is 0 Å². The number of rotatable bonds is 9. The molecule has 0 aromatic heterocycles. The lowest BCUT2D eigenvalue weighted by Crippen LogP contribution is -2.37. The highest BCUT2D eigenvalue weighted by molar-refractivity contribution is 5.78. The molecule has 20 heavy (non-hydrogen) atoms. The summed E-state index contributed by atoms with van der Waals surface area (Å²) in [6.07, 6.45) is 1.00. The molecule has 0 bridgehead atoms. The van der Waals surface area contributed by atoms with Gasteiger partial charge in [-0.3, -0.25) is 4.79 Å². The molecule has 0 saturated carbocycles. The first-order chi connectivity index (χ1) is 9.71. The lowest BCUT2D eigenvalue weighted by molar-refractivity contribution is -0.129. The van der Waals surface area contributed by atoms with Crippen LogP contribution < -0.4 is 10.1 Å². The zero-order chi connectivity index (χ0) is 14.8. The molecule has 4 heteroatoms. The highest BCUT2D eigenvalue weighted by Gasteiger charge is 2.08. The van der Waals surface area contributed by atoms with Crippen LogP contribution in [0, 0.1) is 0 Å². The van der Waals surface area contributed by atoms with Crippen molar-refractivity contribution < 1.29 is 9.53 Å². The molecule has 0 atom stereocenters. The molecule has 0 heterocycles. The van der Waals surface area contributed by atoms with E-state index in [0.29, 0.717) is 13.1 Å². The maximum Gasteiger partial charge on any atom is 0.236 e. The van der Waals surface area contributed by atoms with Crippen molar-refractivity contribution in [3.63, 3.8) is 0 Å². The lowest BCUT2D eigenvalue weighted by atomic mass is 10.2. The van der Waals surface area contributed by atoms with E-state index in [1.807, 2.05) is 43.0 Å². The third-order valence-electron chi connectivity index (χ3n) is 3.09. The Morgan fingerprint density at radius 3 is 2.65 bits per heavy atom. The molecule has 1 aromatic carbocycles. The summed E-state index contributed by atoms with van der Waals surface area (Å²) in [6.45, 7) is 9.39. The van der Waals surface area contributed by atoms with Crippen molar-refractivity contribution >= 4 is 5.91 Å². The quantitative estimate of drug-likeness (QED) is 0.754. The van der Waals surface area contributed by atoms with Crippen molar-refractivity contribution in [2.24, 2.45) is 0 Å². The maximum absolute atomic E-state index is 11.8. The monoisotopic (exact) mass is 278 g/mol. The molecule has 0 aliphatic heterocycles. The smallest absolute Gasteiger partial charge is 0.236 e. The molecule has 1 rings (SSSR count). The molecular formula is C16H26N2O2. The van der Waals surface area contributed by atoms with Crippen molar-refractivity contribution in [2.45, 2.75) is 33.7 Å². The first-order valence-corrected chi connectivity index (χ1v) is 7.41. The standard InChI is InChI=1S/C16H26N2O2/c1-4-10-20-15-9-7-8-14(11-15)12-17-13-16(19)18(5-2)6-3/h7-9,11,17H,4-6,10,12-13H2,1-3H3. The van der Waals surface area contributed by atoms with Crippen molar-refractivity contribution in [3.05, 3.63) is 29.8 Å². The Balaban J connectivity index is 2.39. The van der Waals surface area contributed by atoms with Crippen molar-refractivity contribution in [1.82, 2.24) is 10.2 Å². The van der Waals surface area contributed by atoms with E-state index in [-0.39, 0.29) is 5.91 Å². The number of hydrogen-bond acceptors (Lipinski definition) is 3. The van der Waals surface area contributed by atoms with Crippen LogP contribution in [0.4, 0.5) is 0 Å². The molecule has 0 fully saturated rings. The average Bonchev–Trinajstić information content (AvgIpc) is 2.47. The fraction of sp³-hybridized carbons (Fsp3) is 0.562. The Bertz CT molecular complexity index is 403. The summed E-state index contributed by atoms with van der Waals surface area (Å²) < 4.78 is 5.59. The molecule has 0 radical (unpaired) electrons. The number of nitrogens with one attached hydrogen (secondary N) is 1. The van der Waals surface area contributed by atoms with Crippen molar-refractivity contribution in [1.29, 1.82) is 0 Å². The Morgan fingerprint density at radius 2 is 2.00 bits per heavy atom. The molecule has 1 amide bonds. The third-order valence-corrected chi connectivity index (χ3v) is 3.09. The van der Waals surface area contributed by atoms with Crippen LogP contribution in [0.3, 0.4) is 0 Å². The van der Waals surface area contributed by atoms with Gasteiger partial charge in [0.05, 0.1) is 13.2 Å². The van der Waals surface area contributed by atoms with Crippen LogP contribution in [-0.4, -0.2) is 37.0 Å². The molecule has 0 saturated heterocycles. The van der Waals surface area contributed by atoms with Crippen LogP contribution >= 0.6 is 0 Å². The van der Waals surface area contributed by atoms with Gasteiger partial charge in [0.25, 0.3) is 0 Å². The van der Waals surface area contributed by atoms with Crippen molar-refractivity contribution in [3.8, 4) is 5.75 Å². The third kappa shape index (κ3) is 5.61. The van der Waals surface area contributed by atoms with E-state index in [0.717, 1.165) is 37.4 Å². The summed E-state index contributed by atoms with van der Waals surface area (Å²) in [7, 11) is 0. The predicted octanol–water partition coefficient (Wildman–Crippen LogP) is 2.43. The van der Waals surface area contributed by atoms with E-state index in [2.05, 4.69) is 12.2 Å². The van der Waals surface area contributed by atoms with Gasteiger partial charge in [0.15, 0.2) is 0 Å². The predicted molar refractivity (Wildman–Crippen MR) is 81.9 cm³/mol. The Labute approximate surface area is 122 Å². The van der Waals surface area contributed by atoms with Gasteiger partial charge >= 0.3 is 0 Å². The topological polar surface area (TPSA) is 41.6 Å². The number of likely N-dealkylation sites (N-methyl/N-ethyl adjacent to an activating group) is 1. The van der Waals surface area contributed by atoms with Gasteiger partial charge < -0.3 is 15.0 Å². The molecule has 112 valence electrons. The van der Waals surface area contributed by atoms with Gasteiger partial charge in [-0.1, -0.05) is 19.1 Å². The summed E-state index contributed by atoms with van der Waals surface area (Å²) >= 11 is 0. The van der Waals surface area contributed by atoms with Gasteiger partial charge in [-0.15, -0.1) is 0 Å². The Morgan fingerprint density at radius 1 is 1.25 bits per heavy atom. The van der Waals surface area contributed by atoms with Gasteiger partial charge in [0.2, 0.25) is 5.91 Å². The van der Waals surface area contributed by atoms with Gasteiger partial charge in [0, 0.05) is 19.6 Å². The van der Waals surface area contributed by atoms with Crippen LogP contribution in [0.15, 0.2) is 24.3 Å². The highest BCUT2D eigenvalue weighted by Crippen LogP contribution is 2.13. The molecule has 0 aliphatic carbocycles. The molecule has 0 unspecified atom stereocenters. The molecule has 1 aromatic rings. The molecule has 1 N–H and O–H groups in total. The minimum absolute atomic E-state index is 0.147. The SMILES string of the molecule is CCCOc1cccc(CNCC(=O)N(CC)CC)c1. The number of ether oxygens (including phenoxy) is 1. The summed E-state index contributed by atoms with van der Waals surface area (Å²) in [5.74, 6) is 1.04. The lowest BCUT2D eigenvalue weighted by Gasteiger charge is -2.18. The van der Waals surface area contributed by atoms with Crippen LogP contribution in [0.1, 0.15) is 32.8 Å². The van der Waals surface area contributed by atoms with Crippen LogP contribution in [0.5, 0.6) is 5.75 Å².